The molecule has 1 aromatic carbocycles. The van der Waals surface area contributed by atoms with Crippen molar-refractivity contribution in [3.05, 3.63) is 53.9 Å². The second-order valence-electron chi connectivity index (χ2n) is 6.20. The molecule has 1 N–H and O–H groups in total. The summed E-state index contributed by atoms with van der Waals surface area (Å²) < 4.78 is 2.35. The summed E-state index contributed by atoms with van der Waals surface area (Å²) in [7, 11) is 2.05. The van der Waals surface area contributed by atoms with E-state index in [2.05, 4.69) is 66.5 Å². The number of benzene rings is 1. The number of fused-ring (bicyclic) bond motifs is 1. The van der Waals surface area contributed by atoms with Crippen LogP contribution in [0.15, 0.2) is 47.6 Å². The maximum absolute atomic E-state index is 3.42. The van der Waals surface area contributed by atoms with Crippen LogP contribution in [0.3, 0.4) is 0 Å². The molecular formula is C18H24N2S. The molecule has 0 saturated heterocycles. The van der Waals surface area contributed by atoms with Crippen molar-refractivity contribution in [1.82, 2.24) is 9.88 Å². The highest BCUT2D eigenvalue weighted by Crippen LogP contribution is 2.37. The molecular weight excluding hydrogens is 276 g/mol. The molecule has 0 aliphatic carbocycles. The summed E-state index contributed by atoms with van der Waals surface area (Å²) in [6.45, 7) is 5.62. The molecule has 3 heteroatoms. The van der Waals surface area contributed by atoms with Gasteiger partial charge in [0, 0.05) is 35.1 Å². The molecule has 2 aromatic rings. The SMILES string of the molecule is CNC(c1ccn(CC2Cc3ccccc3S2)c1)C(C)C. The van der Waals surface area contributed by atoms with Gasteiger partial charge in [0.2, 0.25) is 0 Å². The summed E-state index contributed by atoms with van der Waals surface area (Å²) in [5.41, 5.74) is 2.91. The fourth-order valence-electron chi connectivity index (χ4n) is 3.23. The maximum atomic E-state index is 3.42. The first-order valence-corrected chi connectivity index (χ1v) is 8.63. The number of nitrogens with zero attached hydrogens (tertiary/aromatic N) is 1. The number of rotatable bonds is 5. The Labute approximate surface area is 131 Å². The monoisotopic (exact) mass is 300 g/mol. The van der Waals surface area contributed by atoms with Crippen molar-refractivity contribution in [1.29, 1.82) is 0 Å². The summed E-state index contributed by atoms with van der Waals surface area (Å²) in [5.74, 6) is 0.607. The molecule has 2 nitrogen and oxygen atoms in total. The Morgan fingerprint density at radius 3 is 2.81 bits per heavy atom. The average Bonchev–Trinajstić information content (AvgIpc) is 3.06. The van der Waals surface area contributed by atoms with Crippen molar-refractivity contribution in [2.45, 2.75) is 43.0 Å². The first-order chi connectivity index (χ1) is 10.2. The van der Waals surface area contributed by atoms with Crippen LogP contribution in [0.4, 0.5) is 0 Å². The van der Waals surface area contributed by atoms with E-state index in [4.69, 9.17) is 0 Å². The van der Waals surface area contributed by atoms with E-state index in [-0.39, 0.29) is 0 Å². The van der Waals surface area contributed by atoms with Gasteiger partial charge in [-0.3, -0.25) is 0 Å². The topological polar surface area (TPSA) is 17.0 Å². The average molecular weight is 300 g/mol. The molecule has 1 aliphatic heterocycles. The van der Waals surface area contributed by atoms with Gasteiger partial charge in [-0.25, -0.2) is 0 Å². The second-order valence-corrected chi connectivity index (χ2v) is 7.55. The minimum Gasteiger partial charge on any atom is -0.353 e. The predicted molar refractivity (Wildman–Crippen MR) is 90.9 cm³/mol. The van der Waals surface area contributed by atoms with Crippen LogP contribution in [-0.2, 0) is 13.0 Å². The zero-order valence-electron chi connectivity index (χ0n) is 13.0. The van der Waals surface area contributed by atoms with Gasteiger partial charge in [-0.15, -0.1) is 11.8 Å². The van der Waals surface area contributed by atoms with E-state index in [1.165, 1.54) is 22.4 Å². The van der Waals surface area contributed by atoms with Gasteiger partial charge >= 0.3 is 0 Å². The minimum absolute atomic E-state index is 0.444. The number of hydrogen-bond donors (Lipinski definition) is 1. The Bertz CT molecular complexity index is 578. The Morgan fingerprint density at radius 2 is 2.10 bits per heavy atom. The molecule has 1 aliphatic rings. The van der Waals surface area contributed by atoms with Crippen LogP contribution in [0.2, 0.25) is 0 Å². The highest BCUT2D eigenvalue weighted by atomic mass is 32.2. The molecule has 2 heterocycles. The van der Waals surface area contributed by atoms with Gasteiger partial charge in [-0.2, -0.15) is 0 Å². The highest BCUT2D eigenvalue weighted by Gasteiger charge is 2.22. The van der Waals surface area contributed by atoms with Gasteiger partial charge in [-0.05, 0) is 42.6 Å². The Balaban J connectivity index is 1.66. The lowest BCUT2D eigenvalue weighted by atomic mass is 9.99. The number of hydrogen-bond acceptors (Lipinski definition) is 2. The quantitative estimate of drug-likeness (QED) is 0.894. The molecule has 0 bridgehead atoms. The van der Waals surface area contributed by atoms with Crippen molar-refractivity contribution in [3.63, 3.8) is 0 Å². The van der Waals surface area contributed by atoms with Crippen LogP contribution in [0.25, 0.3) is 0 Å². The van der Waals surface area contributed by atoms with Crippen molar-refractivity contribution in [3.8, 4) is 0 Å². The molecule has 0 radical (unpaired) electrons. The van der Waals surface area contributed by atoms with Crippen LogP contribution in [-0.4, -0.2) is 16.9 Å². The maximum Gasteiger partial charge on any atom is 0.0355 e. The molecule has 2 unspecified atom stereocenters. The van der Waals surface area contributed by atoms with E-state index < -0.39 is 0 Å². The van der Waals surface area contributed by atoms with Crippen LogP contribution in [0, 0.1) is 5.92 Å². The second kappa shape index (κ2) is 6.29. The van der Waals surface area contributed by atoms with Gasteiger partial charge in [0.05, 0.1) is 0 Å². The lowest BCUT2D eigenvalue weighted by Gasteiger charge is -2.19. The molecule has 0 spiro atoms. The third-order valence-electron chi connectivity index (χ3n) is 4.24. The molecule has 21 heavy (non-hydrogen) atoms. The highest BCUT2D eigenvalue weighted by molar-refractivity contribution is 8.00. The lowest BCUT2D eigenvalue weighted by Crippen LogP contribution is -2.21. The first-order valence-electron chi connectivity index (χ1n) is 7.75. The van der Waals surface area contributed by atoms with Crippen LogP contribution >= 0.6 is 11.8 Å². The van der Waals surface area contributed by atoms with Crippen molar-refractivity contribution in [2.24, 2.45) is 5.92 Å². The van der Waals surface area contributed by atoms with E-state index >= 15 is 0 Å². The fraction of sp³-hybridized carbons (Fsp3) is 0.444. The molecule has 112 valence electrons. The van der Waals surface area contributed by atoms with E-state index in [1.807, 2.05) is 18.8 Å². The van der Waals surface area contributed by atoms with E-state index in [0.29, 0.717) is 17.2 Å². The summed E-state index contributed by atoms with van der Waals surface area (Å²) in [5, 5.41) is 4.08. The Kier molecular flexibility index (Phi) is 4.41. The molecule has 2 atom stereocenters. The molecule has 3 rings (SSSR count). The van der Waals surface area contributed by atoms with Gasteiger partial charge in [0.15, 0.2) is 0 Å². The van der Waals surface area contributed by atoms with Gasteiger partial charge < -0.3 is 9.88 Å². The largest absolute Gasteiger partial charge is 0.353 e. The summed E-state index contributed by atoms with van der Waals surface area (Å²) in [4.78, 5) is 1.46. The summed E-state index contributed by atoms with van der Waals surface area (Å²) in [6, 6.07) is 11.5. The van der Waals surface area contributed by atoms with Crippen molar-refractivity contribution < 1.29 is 0 Å². The number of aromatic nitrogens is 1. The predicted octanol–water partition coefficient (Wildman–Crippen LogP) is 4.12. The van der Waals surface area contributed by atoms with Crippen LogP contribution in [0.1, 0.15) is 31.0 Å². The van der Waals surface area contributed by atoms with E-state index in [1.54, 1.807) is 0 Å². The van der Waals surface area contributed by atoms with E-state index in [9.17, 15) is 0 Å². The molecule has 1 aromatic heterocycles. The molecule has 0 amide bonds. The Hall–Kier alpha value is -1.19. The third-order valence-corrected chi connectivity index (χ3v) is 5.54. The first kappa shape index (κ1) is 14.7. The third kappa shape index (κ3) is 3.19. The fourth-order valence-corrected chi connectivity index (χ4v) is 4.56. The van der Waals surface area contributed by atoms with Crippen LogP contribution < -0.4 is 5.32 Å². The zero-order valence-corrected chi connectivity index (χ0v) is 13.9. The summed E-state index contributed by atoms with van der Waals surface area (Å²) in [6.07, 6.45) is 5.73. The lowest BCUT2D eigenvalue weighted by molar-refractivity contribution is 0.442. The van der Waals surface area contributed by atoms with Gasteiger partial charge in [0.25, 0.3) is 0 Å². The van der Waals surface area contributed by atoms with Gasteiger partial charge in [0.1, 0.15) is 0 Å². The zero-order chi connectivity index (χ0) is 14.8. The minimum atomic E-state index is 0.444. The van der Waals surface area contributed by atoms with E-state index in [0.717, 1.165) is 6.54 Å². The Morgan fingerprint density at radius 1 is 1.29 bits per heavy atom. The smallest absolute Gasteiger partial charge is 0.0355 e. The summed E-state index contributed by atoms with van der Waals surface area (Å²) >= 11 is 2.02. The standard InChI is InChI=1S/C18H24N2S/c1-13(2)18(19-3)15-8-9-20(11-15)12-16-10-14-6-4-5-7-17(14)21-16/h4-9,11,13,16,18-19H,10,12H2,1-3H3. The molecule has 0 saturated carbocycles. The normalized spacial score (nSPS) is 19.0. The van der Waals surface area contributed by atoms with Gasteiger partial charge in [-0.1, -0.05) is 32.0 Å². The van der Waals surface area contributed by atoms with Crippen molar-refractivity contribution >= 4 is 11.8 Å². The number of thioether (sulfide) groups is 1. The van der Waals surface area contributed by atoms with Crippen molar-refractivity contribution in [2.75, 3.05) is 7.05 Å². The molecule has 0 fully saturated rings. The van der Waals surface area contributed by atoms with Crippen LogP contribution in [0.5, 0.6) is 0 Å². The number of nitrogens with one attached hydrogen (secondary N) is 1.